The van der Waals surface area contributed by atoms with E-state index in [1.807, 2.05) is 5.92 Å². The molecule has 0 aliphatic carbocycles. The van der Waals surface area contributed by atoms with Crippen LogP contribution in [0.15, 0.2) is 0 Å². The normalized spacial score (nSPS) is 12.0. The first-order valence-electron chi connectivity index (χ1n) is 1.69. The third-order valence-corrected chi connectivity index (χ3v) is 0.486. The fourth-order valence-corrected chi connectivity index (χ4v) is 0.0821. The average Bonchev–Trinajstić information content (AvgIpc) is 1.65. The minimum atomic E-state index is -0.931. The highest BCUT2D eigenvalue weighted by Gasteiger charge is 2.00. The highest BCUT2D eigenvalue weighted by molar-refractivity contribution is 5.82. The molecule has 0 aliphatic rings. The second-order valence-corrected chi connectivity index (χ2v) is 1.05. The van der Waals surface area contributed by atoms with E-state index < -0.39 is 11.9 Å². The zero-order valence-corrected chi connectivity index (χ0v) is 3.72. The topological polar surface area (TPSA) is 69.1 Å². The molecule has 1 amide bonds. The van der Waals surface area contributed by atoms with Crippen molar-refractivity contribution >= 4 is 5.91 Å². The van der Waals surface area contributed by atoms with Gasteiger partial charge in [-0.3, -0.25) is 4.79 Å². The fraction of sp³-hybridized carbons (Fsp3) is 0.250. The number of terminal acetylenes is 1. The number of carbonyl (C=O) groups excluding carboxylic acids is 1. The van der Waals surface area contributed by atoms with Gasteiger partial charge in [-0.05, 0) is 0 Å². The monoisotopic (exact) mass is 98.0 g/mol. The van der Waals surface area contributed by atoms with Gasteiger partial charge in [0.05, 0.1) is 0 Å². The molecule has 0 fully saturated rings. The Bertz CT molecular complexity index is 113. The highest BCUT2D eigenvalue weighted by Crippen LogP contribution is 1.65. The summed E-state index contributed by atoms with van der Waals surface area (Å²) >= 11 is 0. The van der Waals surface area contributed by atoms with Gasteiger partial charge in [-0.1, -0.05) is 5.92 Å². The quantitative estimate of drug-likeness (QED) is 0.389. The molecule has 38 valence electrons. The molecule has 1 atom stereocenters. The van der Waals surface area contributed by atoms with Crippen LogP contribution in [0.3, 0.4) is 0 Å². The molecular weight excluding hydrogens is 92.1 g/mol. The first-order valence-corrected chi connectivity index (χ1v) is 1.69. The summed E-state index contributed by atoms with van der Waals surface area (Å²) in [6.07, 6.45) is 4.70. The van der Waals surface area contributed by atoms with E-state index in [0.29, 0.717) is 0 Å². The number of carbonyl (C=O) groups is 1. The van der Waals surface area contributed by atoms with Crippen LogP contribution >= 0.6 is 0 Å². The Morgan fingerprint density at radius 2 is 2.29 bits per heavy atom. The number of hydrogen-bond donors (Lipinski definition) is 2. The second-order valence-electron chi connectivity index (χ2n) is 1.05. The molecule has 0 heterocycles. The van der Waals surface area contributed by atoms with Crippen LogP contribution in [0.5, 0.6) is 0 Å². The van der Waals surface area contributed by atoms with Gasteiger partial charge in [0.2, 0.25) is 5.91 Å². The zero-order valence-electron chi connectivity index (χ0n) is 3.72. The van der Waals surface area contributed by atoms with Crippen molar-refractivity contribution < 1.29 is 4.79 Å². The molecule has 3 heteroatoms. The molecule has 7 heavy (non-hydrogen) atoms. The van der Waals surface area contributed by atoms with Gasteiger partial charge in [0.15, 0.2) is 0 Å². The van der Waals surface area contributed by atoms with Gasteiger partial charge < -0.3 is 11.5 Å². The molecular formula is C4H6N2O. The molecule has 1 unspecified atom stereocenters. The molecule has 0 aliphatic heterocycles. The molecule has 0 aromatic carbocycles. The van der Waals surface area contributed by atoms with Crippen LogP contribution in [0.4, 0.5) is 0 Å². The minimum absolute atomic E-state index is 0.664. The van der Waals surface area contributed by atoms with Crippen molar-refractivity contribution in [3.05, 3.63) is 0 Å². The van der Waals surface area contributed by atoms with E-state index >= 15 is 0 Å². The van der Waals surface area contributed by atoms with E-state index in [4.69, 9.17) is 12.2 Å². The molecule has 0 bridgehead atoms. The first kappa shape index (κ1) is 5.99. The van der Waals surface area contributed by atoms with E-state index in [2.05, 4.69) is 5.73 Å². The van der Waals surface area contributed by atoms with Crippen LogP contribution in [0, 0.1) is 12.3 Å². The molecule has 3 nitrogen and oxygen atoms in total. The fourth-order valence-electron chi connectivity index (χ4n) is 0.0821. The highest BCUT2D eigenvalue weighted by atomic mass is 16.1. The molecule has 0 rings (SSSR count). The molecule has 4 N–H and O–H groups in total. The van der Waals surface area contributed by atoms with Crippen LogP contribution in [0.1, 0.15) is 0 Å². The Hall–Kier alpha value is -1.01. The summed E-state index contributed by atoms with van der Waals surface area (Å²) < 4.78 is 0. The van der Waals surface area contributed by atoms with Gasteiger partial charge in [0.25, 0.3) is 0 Å². The van der Waals surface area contributed by atoms with E-state index in [1.165, 1.54) is 0 Å². The van der Waals surface area contributed by atoms with Gasteiger partial charge in [-0.15, -0.1) is 6.42 Å². The number of amides is 1. The number of nitrogens with two attached hydrogens (primary N) is 2. The van der Waals surface area contributed by atoms with Crippen molar-refractivity contribution in [1.82, 2.24) is 0 Å². The Morgan fingerprint density at radius 3 is 2.29 bits per heavy atom. The van der Waals surface area contributed by atoms with Crippen LogP contribution in [0.2, 0.25) is 0 Å². The van der Waals surface area contributed by atoms with Gasteiger partial charge in [0, 0.05) is 0 Å². The number of hydrogen-bond acceptors (Lipinski definition) is 2. The van der Waals surface area contributed by atoms with Crippen LogP contribution in [0.25, 0.3) is 0 Å². The molecule has 0 spiro atoms. The molecule has 0 aromatic rings. The van der Waals surface area contributed by atoms with Gasteiger partial charge in [-0.2, -0.15) is 0 Å². The summed E-state index contributed by atoms with van der Waals surface area (Å²) in [5.41, 5.74) is 9.55. The lowest BCUT2D eigenvalue weighted by Gasteiger charge is -1.91. The Morgan fingerprint density at radius 1 is 1.86 bits per heavy atom. The lowest BCUT2D eigenvalue weighted by molar-refractivity contribution is -0.118. The van der Waals surface area contributed by atoms with E-state index in [9.17, 15) is 4.79 Å². The minimum Gasteiger partial charge on any atom is -0.367 e. The maximum atomic E-state index is 9.89. The summed E-state index contributed by atoms with van der Waals surface area (Å²) in [5.74, 6) is 1.30. The first-order chi connectivity index (χ1) is 3.18. The van der Waals surface area contributed by atoms with Crippen molar-refractivity contribution in [2.75, 3.05) is 0 Å². The molecule has 0 saturated heterocycles. The summed E-state index contributed by atoms with van der Waals surface area (Å²) in [4.78, 5) is 9.89. The molecule has 0 aromatic heterocycles. The van der Waals surface area contributed by atoms with E-state index in [1.54, 1.807) is 0 Å². The second kappa shape index (κ2) is 2.21. The smallest absolute Gasteiger partial charge is 0.246 e. The van der Waals surface area contributed by atoms with Gasteiger partial charge in [-0.25, -0.2) is 0 Å². The molecule has 0 saturated carbocycles. The largest absolute Gasteiger partial charge is 0.367 e. The van der Waals surface area contributed by atoms with Crippen molar-refractivity contribution in [2.45, 2.75) is 6.04 Å². The van der Waals surface area contributed by atoms with Crippen LogP contribution < -0.4 is 11.5 Å². The predicted octanol–water partition coefficient (Wildman–Crippen LogP) is -1.57. The summed E-state index contributed by atoms with van der Waals surface area (Å²) in [7, 11) is 0. The maximum absolute atomic E-state index is 9.89. The number of rotatable bonds is 1. The van der Waals surface area contributed by atoms with Crippen molar-refractivity contribution in [3.63, 3.8) is 0 Å². The van der Waals surface area contributed by atoms with Gasteiger partial charge in [0.1, 0.15) is 6.04 Å². The Balaban J connectivity index is 3.63. The molecule has 0 radical (unpaired) electrons. The third kappa shape index (κ3) is 1.79. The van der Waals surface area contributed by atoms with Crippen LogP contribution in [-0.4, -0.2) is 11.9 Å². The van der Waals surface area contributed by atoms with Crippen molar-refractivity contribution in [3.8, 4) is 12.3 Å². The van der Waals surface area contributed by atoms with Crippen LogP contribution in [-0.2, 0) is 4.79 Å². The lowest BCUT2D eigenvalue weighted by atomic mass is 10.3. The van der Waals surface area contributed by atoms with Gasteiger partial charge >= 0.3 is 0 Å². The third-order valence-electron chi connectivity index (χ3n) is 0.486. The Labute approximate surface area is 41.7 Å². The van der Waals surface area contributed by atoms with Crippen molar-refractivity contribution in [1.29, 1.82) is 0 Å². The lowest BCUT2D eigenvalue weighted by Crippen LogP contribution is -2.34. The summed E-state index contributed by atoms with van der Waals surface area (Å²) in [6.45, 7) is 0. The predicted molar refractivity (Wildman–Crippen MR) is 26.0 cm³/mol. The average molecular weight is 98.1 g/mol. The van der Waals surface area contributed by atoms with Crippen molar-refractivity contribution in [2.24, 2.45) is 11.5 Å². The number of primary amides is 1. The summed E-state index contributed by atoms with van der Waals surface area (Å²) in [5, 5.41) is 0. The maximum Gasteiger partial charge on any atom is 0.246 e. The zero-order chi connectivity index (χ0) is 5.86. The van der Waals surface area contributed by atoms with E-state index in [-0.39, 0.29) is 0 Å². The summed E-state index contributed by atoms with van der Waals surface area (Å²) in [6, 6.07) is -0.931. The standard InChI is InChI=1S/C4H6N2O/c1-2-3(5)4(6)7/h1,3H,5H2,(H2,6,7). The Kier molecular flexibility index (Phi) is 1.89. The van der Waals surface area contributed by atoms with E-state index in [0.717, 1.165) is 0 Å². The SMILES string of the molecule is C#CC(N)C(N)=O.